The van der Waals surface area contributed by atoms with Crippen LogP contribution in [0.5, 0.6) is 5.75 Å². The van der Waals surface area contributed by atoms with Crippen molar-refractivity contribution >= 4 is 21.6 Å². The highest BCUT2D eigenvalue weighted by Gasteiger charge is 2.27. The Balaban J connectivity index is 1.89. The van der Waals surface area contributed by atoms with E-state index in [1.54, 1.807) is 31.5 Å². The van der Waals surface area contributed by atoms with Crippen LogP contribution in [0.2, 0.25) is 0 Å². The van der Waals surface area contributed by atoms with E-state index in [0.29, 0.717) is 30.2 Å². The first kappa shape index (κ1) is 19.3. The number of fused-ring (bicyclic) bond motifs is 1. The van der Waals surface area contributed by atoms with Crippen molar-refractivity contribution in [3.8, 4) is 5.75 Å². The maximum absolute atomic E-state index is 13.2. The quantitative estimate of drug-likeness (QED) is 0.687. The molecule has 0 bridgehead atoms. The van der Waals surface area contributed by atoms with Crippen molar-refractivity contribution in [2.24, 2.45) is 0 Å². The van der Waals surface area contributed by atoms with Gasteiger partial charge in [0.25, 0.3) is 5.91 Å². The van der Waals surface area contributed by atoms with Crippen LogP contribution in [0.15, 0.2) is 47.5 Å². The number of ether oxygens (including phenoxy) is 2. The van der Waals surface area contributed by atoms with E-state index < -0.39 is 10.0 Å². The maximum atomic E-state index is 13.2. The van der Waals surface area contributed by atoms with Gasteiger partial charge in [0.15, 0.2) is 6.61 Å². The Morgan fingerprint density at radius 1 is 1.30 bits per heavy atom. The SMILES string of the molecule is COCCCN(Cc1ccccn1)S(=O)(=O)c1ccc2c(c1)NC(=O)CO2. The van der Waals surface area contributed by atoms with Gasteiger partial charge in [-0.25, -0.2) is 8.42 Å². The molecular weight excluding hydrogens is 370 g/mol. The maximum Gasteiger partial charge on any atom is 0.262 e. The molecule has 0 spiro atoms. The molecule has 0 saturated heterocycles. The number of nitrogens with zero attached hydrogens (tertiary/aromatic N) is 2. The molecule has 0 unspecified atom stereocenters. The number of hydrogen-bond donors (Lipinski definition) is 1. The monoisotopic (exact) mass is 391 g/mol. The first-order valence-corrected chi connectivity index (χ1v) is 9.90. The van der Waals surface area contributed by atoms with Crippen molar-refractivity contribution in [3.63, 3.8) is 0 Å². The van der Waals surface area contributed by atoms with E-state index in [4.69, 9.17) is 9.47 Å². The number of nitrogens with one attached hydrogen (secondary N) is 1. The van der Waals surface area contributed by atoms with Crippen LogP contribution in [0, 0.1) is 0 Å². The van der Waals surface area contributed by atoms with Gasteiger partial charge >= 0.3 is 0 Å². The third-order valence-corrected chi connectivity index (χ3v) is 5.88. The van der Waals surface area contributed by atoms with E-state index in [1.807, 2.05) is 6.07 Å². The molecule has 0 radical (unpaired) electrons. The largest absolute Gasteiger partial charge is 0.482 e. The molecule has 1 aromatic carbocycles. The summed E-state index contributed by atoms with van der Waals surface area (Å²) in [5.41, 5.74) is 0.995. The van der Waals surface area contributed by atoms with Crippen molar-refractivity contribution in [3.05, 3.63) is 48.3 Å². The van der Waals surface area contributed by atoms with Crippen LogP contribution >= 0.6 is 0 Å². The second-order valence-electron chi connectivity index (χ2n) is 6.00. The molecule has 3 rings (SSSR count). The number of methoxy groups -OCH3 is 1. The zero-order valence-electron chi connectivity index (χ0n) is 14.9. The van der Waals surface area contributed by atoms with Gasteiger partial charge in [-0.1, -0.05) is 6.07 Å². The van der Waals surface area contributed by atoms with E-state index in [-0.39, 0.29) is 30.5 Å². The van der Waals surface area contributed by atoms with Crippen molar-refractivity contribution in [1.29, 1.82) is 0 Å². The highest BCUT2D eigenvalue weighted by atomic mass is 32.2. The van der Waals surface area contributed by atoms with Crippen molar-refractivity contribution in [1.82, 2.24) is 9.29 Å². The van der Waals surface area contributed by atoms with Gasteiger partial charge in [-0.3, -0.25) is 9.78 Å². The third kappa shape index (κ3) is 4.62. The summed E-state index contributed by atoms with van der Waals surface area (Å²) in [4.78, 5) is 15.8. The Morgan fingerprint density at radius 2 is 2.15 bits per heavy atom. The molecule has 0 atom stereocenters. The van der Waals surface area contributed by atoms with Crippen molar-refractivity contribution in [2.45, 2.75) is 17.9 Å². The van der Waals surface area contributed by atoms with Gasteiger partial charge in [0, 0.05) is 26.5 Å². The zero-order chi connectivity index (χ0) is 19.3. The second kappa shape index (κ2) is 8.47. The van der Waals surface area contributed by atoms with Gasteiger partial charge in [0.05, 0.1) is 22.8 Å². The molecule has 2 heterocycles. The standard InChI is InChI=1S/C18H21N3O5S/c1-25-10-4-9-21(12-14-5-2-3-8-19-14)27(23,24)15-6-7-17-16(11-15)20-18(22)13-26-17/h2-3,5-8,11H,4,9-10,12-13H2,1H3,(H,20,22). The molecular formula is C18H21N3O5S. The molecule has 2 aromatic rings. The van der Waals surface area contributed by atoms with Crippen LogP contribution in [0.3, 0.4) is 0 Å². The van der Waals surface area contributed by atoms with Gasteiger partial charge in [-0.15, -0.1) is 0 Å². The molecule has 144 valence electrons. The smallest absolute Gasteiger partial charge is 0.262 e. The van der Waals surface area contributed by atoms with E-state index in [2.05, 4.69) is 10.3 Å². The number of amides is 1. The summed E-state index contributed by atoms with van der Waals surface area (Å²) >= 11 is 0. The van der Waals surface area contributed by atoms with Crippen LogP contribution < -0.4 is 10.1 Å². The molecule has 0 saturated carbocycles. The number of hydrogen-bond acceptors (Lipinski definition) is 6. The summed E-state index contributed by atoms with van der Waals surface area (Å²) in [5, 5.41) is 2.63. The molecule has 0 aliphatic carbocycles. The average Bonchev–Trinajstić information content (AvgIpc) is 2.67. The van der Waals surface area contributed by atoms with Gasteiger partial charge in [0.2, 0.25) is 10.0 Å². The molecule has 0 fully saturated rings. The molecule has 1 N–H and O–H groups in total. The number of rotatable bonds is 8. The van der Waals surface area contributed by atoms with Crippen LogP contribution in [-0.2, 0) is 26.1 Å². The van der Waals surface area contributed by atoms with Crippen LogP contribution in [-0.4, -0.2) is 50.5 Å². The number of carbonyl (C=O) groups is 1. The number of pyridine rings is 1. The number of carbonyl (C=O) groups excluding carboxylic acids is 1. The fourth-order valence-electron chi connectivity index (χ4n) is 2.71. The lowest BCUT2D eigenvalue weighted by molar-refractivity contribution is -0.118. The van der Waals surface area contributed by atoms with E-state index in [9.17, 15) is 13.2 Å². The first-order chi connectivity index (χ1) is 13.0. The summed E-state index contributed by atoms with van der Waals surface area (Å²) in [6.07, 6.45) is 2.18. The Morgan fingerprint density at radius 3 is 2.89 bits per heavy atom. The summed E-state index contributed by atoms with van der Waals surface area (Å²) < 4.78 is 38.1. The molecule has 1 aliphatic rings. The number of aromatic nitrogens is 1. The van der Waals surface area contributed by atoms with E-state index in [1.165, 1.54) is 16.4 Å². The van der Waals surface area contributed by atoms with Crippen molar-refractivity contribution in [2.75, 3.05) is 32.2 Å². The summed E-state index contributed by atoms with van der Waals surface area (Å²) in [6.45, 7) is 0.795. The molecule has 9 heteroatoms. The van der Waals surface area contributed by atoms with Gasteiger partial charge in [0.1, 0.15) is 5.75 Å². The number of benzene rings is 1. The number of sulfonamides is 1. The van der Waals surface area contributed by atoms with E-state index >= 15 is 0 Å². The lowest BCUT2D eigenvalue weighted by Crippen LogP contribution is -2.33. The number of anilines is 1. The third-order valence-electron chi connectivity index (χ3n) is 4.04. The highest BCUT2D eigenvalue weighted by molar-refractivity contribution is 7.89. The molecule has 1 aromatic heterocycles. The summed E-state index contributed by atoms with van der Waals surface area (Å²) in [5.74, 6) is 0.131. The molecule has 27 heavy (non-hydrogen) atoms. The van der Waals surface area contributed by atoms with Crippen LogP contribution in [0.4, 0.5) is 5.69 Å². The summed E-state index contributed by atoms with van der Waals surface area (Å²) in [7, 11) is -2.23. The fourth-order valence-corrected chi connectivity index (χ4v) is 4.19. The average molecular weight is 391 g/mol. The van der Waals surface area contributed by atoms with Crippen LogP contribution in [0.1, 0.15) is 12.1 Å². The highest BCUT2D eigenvalue weighted by Crippen LogP contribution is 2.31. The first-order valence-electron chi connectivity index (χ1n) is 8.46. The lowest BCUT2D eigenvalue weighted by Gasteiger charge is -2.23. The van der Waals surface area contributed by atoms with Crippen LogP contribution in [0.25, 0.3) is 0 Å². The van der Waals surface area contributed by atoms with Gasteiger partial charge < -0.3 is 14.8 Å². The Labute approximate surface area is 158 Å². The Bertz CT molecular complexity index is 902. The predicted molar refractivity (Wildman–Crippen MR) is 98.9 cm³/mol. The predicted octanol–water partition coefficient (Wildman–Crippen LogP) is 1.64. The minimum absolute atomic E-state index is 0.0814. The molecule has 1 amide bonds. The fraction of sp³-hybridized carbons (Fsp3) is 0.333. The van der Waals surface area contributed by atoms with Gasteiger partial charge in [-0.05, 0) is 36.8 Å². The molecule has 1 aliphatic heterocycles. The Hall–Kier alpha value is -2.49. The topological polar surface area (TPSA) is 97.8 Å². The molecule has 8 nitrogen and oxygen atoms in total. The second-order valence-corrected chi connectivity index (χ2v) is 7.94. The zero-order valence-corrected chi connectivity index (χ0v) is 15.7. The minimum Gasteiger partial charge on any atom is -0.482 e. The summed E-state index contributed by atoms with van der Waals surface area (Å²) in [6, 6.07) is 9.82. The van der Waals surface area contributed by atoms with Crippen molar-refractivity contribution < 1.29 is 22.7 Å². The minimum atomic E-state index is -3.80. The van der Waals surface area contributed by atoms with Gasteiger partial charge in [-0.2, -0.15) is 4.31 Å². The lowest BCUT2D eigenvalue weighted by atomic mass is 10.2. The Kier molecular flexibility index (Phi) is 6.04. The normalized spacial score (nSPS) is 13.8. The van der Waals surface area contributed by atoms with E-state index in [0.717, 1.165) is 0 Å².